The number of halogens is 2. The first-order chi connectivity index (χ1) is 10.1. The molecule has 0 fully saturated rings. The highest BCUT2D eigenvalue weighted by atomic mass is 35.5. The van der Waals surface area contributed by atoms with Crippen LogP contribution in [-0.4, -0.2) is 18.3 Å². The highest BCUT2D eigenvalue weighted by Crippen LogP contribution is 2.40. The number of hydrogen-bond acceptors (Lipinski definition) is 3. The highest BCUT2D eigenvalue weighted by Gasteiger charge is 2.20. The standard InChI is InChI=1S/C16H14ClFO3/c1-9-6-10(2-3-13(9)18)15(19)11-7-12(17)16-14(8-11)20-4-5-21-16/h2-3,6-8,15,19H,4-5H2,1H3. The molecule has 0 saturated carbocycles. The number of rotatable bonds is 2. The Morgan fingerprint density at radius 3 is 2.67 bits per heavy atom. The molecule has 1 atom stereocenters. The monoisotopic (exact) mass is 308 g/mol. The van der Waals surface area contributed by atoms with E-state index in [1.54, 1.807) is 31.2 Å². The molecule has 5 heteroatoms. The zero-order valence-corrected chi connectivity index (χ0v) is 12.2. The molecule has 21 heavy (non-hydrogen) atoms. The molecule has 1 N–H and O–H groups in total. The van der Waals surface area contributed by atoms with Gasteiger partial charge in [-0.2, -0.15) is 0 Å². The van der Waals surface area contributed by atoms with Gasteiger partial charge in [0.1, 0.15) is 25.1 Å². The van der Waals surface area contributed by atoms with Gasteiger partial charge >= 0.3 is 0 Å². The maximum atomic E-state index is 13.3. The van der Waals surface area contributed by atoms with Gasteiger partial charge in [0.2, 0.25) is 0 Å². The molecule has 0 saturated heterocycles. The summed E-state index contributed by atoms with van der Waals surface area (Å²) in [5.41, 5.74) is 1.66. The van der Waals surface area contributed by atoms with Crippen LogP contribution in [0.5, 0.6) is 11.5 Å². The number of aliphatic hydroxyl groups excluding tert-OH is 1. The molecule has 0 amide bonds. The first-order valence-electron chi connectivity index (χ1n) is 6.59. The maximum Gasteiger partial charge on any atom is 0.179 e. The first kappa shape index (κ1) is 14.2. The van der Waals surface area contributed by atoms with Crippen molar-refractivity contribution in [3.8, 4) is 11.5 Å². The zero-order valence-electron chi connectivity index (χ0n) is 11.4. The van der Waals surface area contributed by atoms with Gasteiger partial charge in [0, 0.05) is 0 Å². The highest BCUT2D eigenvalue weighted by molar-refractivity contribution is 6.32. The minimum Gasteiger partial charge on any atom is -0.486 e. The molecule has 110 valence electrons. The number of aryl methyl sites for hydroxylation is 1. The smallest absolute Gasteiger partial charge is 0.179 e. The zero-order chi connectivity index (χ0) is 15.0. The van der Waals surface area contributed by atoms with Gasteiger partial charge in [0.05, 0.1) is 5.02 Å². The van der Waals surface area contributed by atoms with E-state index in [9.17, 15) is 9.50 Å². The molecule has 1 aliphatic heterocycles. The van der Waals surface area contributed by atoms with Crippen LogP contribution in [-0.2, 0) is 0 Å². The second-order valence-electron chi connectivity index (χ2n) is 4.94. The summed E-state index contributed by atoms with van der Waals surface area (Å²) in [5, 5.41) is 10.8. The molecule has 3 rings (SSSR count). The Morgan fingerprint density at radius 1 is 1.14 bits per heavy atom. The fourth-order valence-electron chi connectivity index (χ4n) is 2.32. The Kier molecular flexibility index (Phi) is 3.74. The van der Waals surface area contributed by atoms with Crippen LogP contribution in [0.15, 0.2) is 30.3 Å². The Balaban J connectivity index is 1.99. The minimum atomic E-state index is -0.905. The number of fused-ring (bicyclic) bond motifs is 1. The van der Waals surface area contributed by atoms with Gasteiger partial charge in [0.25, 0.3) is 0 Å². The molecular weight excluding hydrogens is 295 g/mol. The van der Waals surface area contributed by atoms with Gasteiger partial charge in [0.15, 0.2) is 11.5 Å². The molecule has 0 bridgehead atoms. The van der Waals surface area contributed by atoms with E-state index >= 15 is 0 Å². The molecule has 0 radical (unpaired) electrons. The first-order valence-corrected chi connectivity index (χ1v) is 6.97. The Hall–Kier alpha value is -1.78. The van der Waals surface area contributed by atoms with Gasteiger partial charge in [-0.3, -0.25) is 0 Å². The van der Waals surface area contributed by atoms with Crippen LogP contribution in [0.4, 0.5) is 4.39 Å². The third-order valence-corrected chi connectivity index (χ3v) is 3.71. The normalized spacial score (nSPS) is 14.9. The molecule has 2 aromatic rings. The fourth-order valence-corrected chi connectivity index (χ4v) is 2.59. The molecule has 0 aromatic heterocycles. The Morgan fingerprint density at radius 2 is 1.90 bits per heavy atom. The lowest BCUT2D eigenvalue weighted by Gasteiger charge is -2.21. The average molecular weight is 309 g/mol. The van der Waals surface area contributed by atoms with E-state index in [4.69, 9.17) is 21.1 Å². The van der Waals surface area contributed by atoms with E-state index in [1.165, 1.54) is 6.07 Å². The molecule has 1 heterocycles. The lowest BCUT2D eigenvalue weighted by atomic mass is 9.99. The third-order valence-electron chi connectivity index (χ3n) is 3.43. The van der Waals surface area contributed by atoms with Crippen LogP contribution >= 0.6 is 11.6 Å². The van der Waals surface area contributed by atoms with Crippen LogP contribution in [0.25, 0.3) is 0 Å². The summed E-state index contributed by atoms with van der Waals surface area (Å²) in [5.74, 6) is 0.710. The van der Waals surface area contributed by atoms with E-state index in [0.29, 0.717) is 46.4 Å². The van der Waals surface area contributed by atoms with Gasteiger partial charge in [-0.25, -0.2) is 4.39 Å². The Bertz CT molecular complexity index is 687. The van der Waals surface area contributed by atoms with E-state index in [1.807, 2.05) is 0 Å². The average Bonchev–Trinajstić information content (AvgIpc) is 2.49. The summed E-state index contributed by atoms with van der Waals surface area (Å²) in [6.45, 7) is 2.55. The van der Waals surface area contributed by atoms with Crippen molar-refractivity contribution in [2.75, 3.05) is 13.2 Å². The van der Waals surface area contributed by atoms with E-state index in [0.717, 1.165) is 0 Å². The molecule has 3 nitrogen and oxygen atoms in total. The van der Waals surface area contributed by atoms with Crippen LogP contribution in [0.1, 0.15) is 22.8 Å². The molecule has 1 aliphatic rings. The van der Waals surface area contributed by atoms with Crippen LogP contribution in [0.3, 0.4) is 0 Å². The molecule has 2 aromatic carbocycles. The summed E-state index contributed by atoms with van der Waals surface area (Å²) in [6.07, 6.45) is -0.905. The number of benzene rings is 2. The number of ether oxygens (including phenoxy) is 2. The summed E-state index contributed by atoms with van der Waals surface area (Å²) in [4.78, 5) is 0. The predicted molar refractivity (Wildman–Crippen MR) is 77.6 cm³/mol. The van der Waals surface area contributed by atoms with Crippen molar-refractivity contribution in [1.29, 1.82) is 0 Å². The third kappa shape index (κ3) is 2.69. The van der Waals surface area contributed by atoms with Gasteiger partial charge < -0.3 is 14.6 Å². The topological polar surface area (TPSA) is 38.7 Å². The second kappa shape index (κ2) is 5.54. The van der Waals surface area contributed by atoms with Crippen molar-refractivity contribution in [3.63, 3.8) is 0 Å². The summed E-state index contributed by atoms with van der Waals surface area (Å²) >= 11 is 6.16. The number of hydrogen-bond donors (Lipinski definition) is 1. The van der Waals surface area contributed by atoms with E-state index in [-0.39, 0.29) is 5.82 Å². The van der Waals surface area contributed by atoms with Crippen molar-refractivity contribution in [3.05, 3.63) is 57.9 Å². The van der Waals surface area contributed by atoms with Crippen LogP contribution in [0.2, 0.25) is 5.02 Å². The van der Waals surface area contributed by atoms with Gasteiger partial charge in [-0.15, -0.1) is 0 Å². The SMILES string of the molecule is Cc1cc(C(O)c2cc(Cl)c3c(c2)OCCO3)ccc1F. The lowest BCUT2D eigenvalue weighted by molar-refractivity contribution is 0.170. The second-order valence-corrected chi connectivity index (χ2v) is 5.35. The number of aliphatic hydroxyl groups is 1. The Labute approximate surface area is 126 Å². The van der Waals surface area contributed by atoms with Crippen molar-refractivity contribution in [1.82, 2.24) is 0 Å². The van der Waals surface area contributed by atoms with Crippen molar-refractivity contribution >= 4 is 11.6 Å². The van der Waals surface area contributed by atoms with E-state index in [2.05, 4.69) is 0 Å². The summed E-state index contributed by atoms with van der Waals surface area (Å²) < 4.78 is 24.2. The molecule has 1 unspecified atom stereocenters. The van der Waals surface area contributed by atoms with Gasteiger partial charge in [-0.05, 0) is 41.8 Å². The largest absolute Gasteiger partial charge is 0.486 e. The molecule has 0 aliphatic carbocycles. The van der Waals surface area contributed by atoms with Crippen molar-refractivity contribution < 1.29 is 19.0 Å². The fraction of sp³-hybridized carbons (Fsp3) is 0.250. The van der Waals surface area contributed by atoms with E-state index < -0.39 is 6.10 Å². The van der Waals surface area contributed by atoms with Gasteiger partial charge in [-0.1, -0.05) is 23.7 Å². The minimum absolute atomic E-state index is 0.300. The molecule has 0 spiro atoms. The summed E-state index contributed by atoms with van der Waals surface area (Å²) in [6, 6.07) is 7.85. The van der Waals surface area contributed by atoms with Crippen LogP contribution < -0.4 is 9.47 Å². The summed E-state index contributed by atoms with van der Waals surface area (Å²) in [7, 11) is 0. The predicted octanol–water partition coefficient (Wildman–Crippen LogP) is 3.64. The maximum absolute atomic E-state index is 13.3. The molecular formula is C16H14ClFO3. The quantitative estimate of drug-likeness (QED) is 0.920. The van der Waals surface area contributed by atoms with Crippen molar-refractivity contribution in [2.24, 2.45) is 0 Å². The van der Waals surface area contributed by atoms with Crippen molar-refractivity contribution in [2.45, 2.75) is 13.0 Å². The lowest BCUT2D eigenvalue weighted by Crippen LogP contribution is -2.16. The van der Waals surface area contributed by atoms with Crippen LogP contribution in [0, 0.1) is 12.7 Å².